The van der Waals surface area contributed by atoms with Gasteiger partial charge in [0.05, 0.1) is 11.2 Å². The summed E-state index contributed by atoms with van der Waals surface area (Å²) < 4.78 is 45.8. The Morgan fingerprint density at radius 1 is 1.27 bits per heavy atom. The normalized spacial score (nSPS) is 12.2. The summed E-state index contributed by atoms with van der Waals surface area (Å²) in [6.45, 7) is 4.77. The highest BCUT2D eigenvalue weighted by Gasteiger charge is 2.35. The maximum atomic E-state index is 13.1. The van der Waals surface area contributed by atoms with Crippen LogP contribution in [0.25, 0.3) is 10.1 Å². The average molecular weight is 438 g/mol. The molecule has 0 saturated carbocycles. The number of aryl methyl sites for hydroxylation is 1. The van der Waals surface area contributed by atoms with Crippen LogP contribution in [0, 0.1) is 6.92 Å². The lowest BCUT2D eigenvalue weighted by Crippen LogP contribution is -2.38. The summed E-state index contributed by atoms with van der Waals surface area (Å²) in [6, 6.07) is 7.80. The molecule has 2 aromatic heterocycles. The van der Waals surface area contributed by atoms with E-state index in [9.17, 15) is 23.1 Å². The molecule has 9 heteroatoms. The number of alkyl halides is 3. The Morgan fingerprint density at radius 3 is 2.67 bits per heavy atom. The van der Waals surface area contributed by atoms with Crippen LogP contribution in [-0.2, 0) is 12.8 Å². The van der Waals surface area contributed by atoms with Gasteiger partial charge in [-0.3, -0.25) is 9.78 Å². The molecule has 0 radical (unpaired) electrons. The van der Waals surface area contributed by atoms with Gasteiger partial charge in [0, 0.05) is 33.3 Å². The van der Waals surface area contributed by atoms with E-state index in [-0.39, 0.29) is 24.6 Å². The van der Waals surface area contributed by atoms with E-state index in [2.05, 4.69) is 10.3 Å². The Hall–Kier alpha value is -2.65. The van der Waals surface area contributed by atoms with Gasteiger partial charge in [0.15, 0.2) is 5.69 Å². The molecule has 0 spiro atoms. The summed E-state index contributed by atoms with van der Waals surface area (Å²) in [5.41, 5.74) is -1.65. The molecule has 1 aromatic carbocycles. The molecule has 30 heavy (non-hydrogen) atoms. The molecule has 2 heterocycles. The second-order valence-electron chi connectivity index (χ2n) is 7.48. The van der Waals surface area contributed by atoms with Crippen LogP contribution in [0.4, 0.5) is 13.2 Å². The molecule has 0 saturated heterocycles. The van der Waals surface area contributed by atoms with Crippen molar-refractivity contribution in [3.05, 3.63) is 58.2 Å². The van der Waals surface area contributed by atoms with Crippen LogP contribution in [0.15, 0.2) is 36.5 Å². The highest BCUT2D eigenvalue weighted by Crippen LogP contribution is 2.34. The van der Waals surface area contributed by atoms with Gasteiger partial charge in [-0.25, -0.2) is 0 Å². The Labute approximate surface area is 175 Å². The molecule has 3 rings (SSSR count). The van der Waals surface area contributed by atoms with E-state index in [0.29, 0.717) is 16.7 Å². The third-order valence-electron chi connectivity index (χ3n) is 4.30. The number of hydrogen-bond acceptors (Lipinski definition) is 5. The molecular weight excluding hydrogens is 417 g/mol. The number of nitrogens with one attached hydrogen (secondary N) is 1. The molecule has 5 nitrogen and oxygen atoms in total. The van der Waals surface area contributed by atoms with E-state index in [4.69, 9.17) is 4.74 Å². The van der Waals surface area contributed by atoms with Gasteiger partial charge >= 0.3 is 6.18 Å². The number of carbonyl (C=O) groups is 1. The Morgan fingerprint density at radius 2 is 2.00 bits per heavy atom. The van der Waals surface area contributed by atoms with Gasteiger partial charge in [-0.15, -0.1) is 11.3 Å². The fourth-order valence-electron chi connectivity index (χ4n) is 2.93. The first-order chi connectivity index (χ1) is 14.0. The van der Waals surface area contributed by atoms with E-state index in [1.54, 1.807) is 32.0 Å². The van der Waals surface area contributed by atoms with Gasteiger partial charge < -0.3 is 15.2 Å². The number of ether oxygens (including phenoxy) is 1. The highest BCUT2D eigenvalue weighted by atomic mass is 32.1. The van der Waals surface area contributed by atoms with Crippen molar-refractivity contribution in [3.8, 4) is 5.75 Å². The van der Waals surface area contributed by atoms with Crippen LogP contribution in [0.2, 0.25) is 0 Å². The lowest BCUT2D eigenvalue weighted by Gasteiger charge is -2.17. The van der Waals surface area contributed by atoms with Crippen LogP contribution in [0.3, 0.4) is 0 Å². The SMILES string of the molecule is Cc1sc2ccc(OCc3cccnc3C(F)(F)F)cc2c1C(=O)NCC(C)(C)O. The first-order valence-corrected chi connectivity index (χ1v) is 9.95. The van der Waals surface area contributed by atoms with Gasteiger partial charge in [0.2, 0.25) is 0 Å². The third-order valence-corrected chi connectivity index (χ3v) is 5.38. The minimum Gasteiger partial charge on any atom is -0.489 e. The van der Waals surface area contributed by atoms with Crippen molar-refractivity contribution in [2.45, 2.75) is 39.2 Å². The average Bonchev–Trinajstić information content (AvgIpc) is 2.98. The van der Waals surface area contributed by atoms with Crippen LogP contribution < -0.4 is 10.1 Å². The predicted molar refractivity (Wildman–Crippen MR) is 109 cm³/mol. The molecule has 0 unspecified atom stereocenters. The molecule has 0 aliphatic carbocycles. The molecule has 0 aliphatic rings. The molecule has 0 bridgehead atoms. The maximum absolute atomic E-state index is 13.1. The monoisotopic (exact) mass is 438 g/mol. The minimum atomic E-state index is -4.57. The van der Waals surface area contributed by atoms with Crippen LogP contribution >= 0.6 is 11.3 Å². The highest BCUT2D eigenvalue weighted by molar-refractivity contribution is 7.19. The number of rotatable bonds is 6. The largest absolute Gasteiger partial charge is 0.489 e. The molecule has 0 atom stereocenters. The maximum Gasteiger partial charge on any atom is 0.433 e. The summed E-state index contributed by atoms with van der Waals surface area (Å²) in [7, 11) is 0. The Balaban J connectivity index is 1.85. The van der Waals surface area contributed by atoms with Gasteiger partial charge in [-0.05, 0) is 45.0 Å². The number of benzene rings is 1. The number of aliphatic hydroxyl groups is 1. The first kappa shape index (κ1) is 22.0. The lowest BCUT2D eigenvalue weighted by atomic mass is 10.1. The predicted octanol–water partition coefficient (Wildman–Crippen LogP) is 4.70. The summed E-state index contributed by atoms with van der Waals surface area (Å²) in [5, 5.41) is 13.2. The van der Waals surface area contributed by atoms with Crippen molar-refractivity contribution < 1.29 is 27.8 Å². The number of thiophene rings is 1. The smallest absolute Gasteiger partial charge is 0.433 e. The third kappa shape index (κ3) is 5.09. The topological polar surface area (TPSA) is 71.5 Å². The number of hydrogen-bond donors (Lipinski definition) is 2. The van der Waals surface area contributed by atoms with Crippen molar-refractivity contribution in [2.24, 2.45) is 0 Å². The fraction of sp³-hybridized carbons (Fsp3) is 0.333. The zero-order valence-corrected chi connectivity index (χ0v) is 17.4. The number of fused-ring (bicyclic) bond motifs is 1. The number of pyridine rings is 1. The zero-order valence-electron chi connectivity index (χ0n) is 16.6. The van der Waals surface area contributed by atoms with E-state index in [1.165, 1.54) is 23.5 Å². The zero-order chi connectivity index (χ0) is 22.1. The standard InChI is InChI=1S/C21H21F3N2O3S/c1-12-17(19(27)26-11-20(2,3)28)15-9-14(6-7-16(15)30-12)29-10-13-5-4-8-25-18(13)21(22,23)24/h4-9,28H,10-11H2,1-3H3,(H,26,27). The molecule has 0 aliphatic heterocycles. The van der Waals surface area contributed by atoms with Crippen molar-refractivity contribution >= 4 is 27.3 Å². The number of nitrogens with zero attached hydrogens (tertiary/aromatic N) is 1. The van der Waals surface area contributed by atoms with Crippen molar-refractivity contribution in [2.75, 3.05) is 6.54 Å². The fourth-order valence-corrected chi connectivity index (χ4v) is 3.97. The molecule has 0 fully saturated rings. The summed E-state index contributed by atoms with van der Waals surface area (Å²) in [4.78, 5) is 16.9. The molecule has 1 amide bonds. The number of halogens is 3. The minimum absolute atomic E-state index is 0.0743. The summed E-state index contributed by atoms with van der Waals surface area (Å²) in [5.74, 6) is 0.0125. The van der Waals surface area contributed by atoms with Crippen molar-refractivity contribution in [1.29, 1.82) is 0 Å². The second kappa shape index (κ2) is 8.23. The number of aromatic nitrogens is 1. The quantitative estimate of drug-likeness (QED) is 0.585. The molecule has 160 valence electrons. The van der Waals surface area contributed by atoms with Gasteiger partial charge in [-0.2, -0.15) is 13.2 Å². The summed E-state index contributed by atoms with van der Waals surface area (Å²) >= 11 is 1.43. The Kier molecular flexibility index (Phi) is 6.05. The Bertz CT molecular complexity index is 1070. The van der Waals surface area contributed by atoms with Crippen LogP contribution in [0.5, 0.6) is 5.75 Å². The van der Waals surface area contributed by atoms with E-state index in [0.717, 1.165) is 15.8 Å². The number of amides is 1. The van der Waals surface area contributed by atoms with Crippen molar-refractivity contribution in [3.63, 3.8) is 0 Å². The molecule has 2 N–H and O–H groups in total. The first-order valence-electron chi connectivity index (χ1n) is 9.13. The van der Waals surface area contributed by atoms with E-state index >= 15 is 0 Å². The van der Waals surface area contributed by atoms with E-state index < -0.39 is 17.5 Å². The van der Waals surface area contributed by atoms with Gasteiger partial charge in [0.25, 0.3) is 5.91 Å². The lowest BCUT2D eigenvalue weighted by molar-refractivity contribution is -0.142. The van der Waals surface area contributed by atoms with Gasteiger partial charge in [-0.1, -0.05) is 6.07 Å². The summed E-state index contributed by atoms with van der Waals surface area (Å²) in [6.07, 6.45) is -3.48. The molecular formula is C21H21F3N2O3S. The van der Waals surface area contributed by atoms with Crippen LogP contribution in [0.1, 0.15) is 40.3 Å². The van der Waals surface area contributed by atoms with Crippen LogP contribution in [-0.4, -0.2) is 28.1 Å². The van der Waals surface area contributed by atoms with E-state index in [1.807, 2.05) is 6.92 Å². The van der Waals surface area contributed by atoms with Gasteiger partial charge in [0.1, 0.15) is 12.4 Å². The van der Waals surface area contributed by atoms with Crippen molar-refractivity contribution in [1.82, 2.24) is 10.3 Å². The number of carbonyl (C=O) groups excluding carboxylic acids is 1. The second-order valence-corrected chi connectivity index (χ2v) is 8.74. The molecule has 3 aromatic rings.